The van der Waals surface area contributed by atoms with Crippen LogP contribution in [-0.2, 0) is 0 Å². The molecule has 0 bridgehead atoms. The molecule has 3 nitrogen and oxygen atoms in total. The van der Waals surface area contributed by atoms with Gasteiger partial charge >= 0.3 is 0 Å². The predicted octanol–water partition coefficient (Wildman–Crippen LogP) is 2.50. The van der Waals surface area contributed by atoms with Crippen LogP contribution < -0.4 is 11.2 Å². The van der Waals surface area contributed by atoms with Gasteiger partial charge in [-0.3, -0.25) is 5.01 Å². The largest absolute Gasteiger partial charge is 0.330 e. The first-order chi connectivity index (χ1) is 6.52. The molecule has 0 unspecified atom stereocenters. The number of benzene rings is 1. The van der Waals surface area contributed by atoms with Crippen molar-refractivity contribution in [2.75, 3.05) is 12.4 Å². The highest BCUT2D eigenvalue weighted by Gasteiger charge is 2.06. The van der Waals surface area contributed by atoms with Gasteiger partial charge in [-0.15, -0.1) is 0 Å². The number of anilines is 1. The molecule has 0 fully saturated rings. The van der Waals surface area contributed by atoms with E-state index >= 15 is 0 Å². The minimum absolute atomic E-state index is 0.370. The van der Waals surface area contributed by atoms with Crippen LogP contribution in [0.3, 0.4) is 0 Å². The molecule has 1 aromatic carbocycles. The Kier molecular flexibility index (Phi) is 3.95. The van der Waals surface area contributed by atoms with Gasteiger partial charge in [-0.1, -0.05) is 29.3 Å². The summed E-state index contributed by atoms with van der Waals surface area (Å²) in [6, 6.07) is 5.24. The number of hydrazine groups is 1. The standard InChI is InChI=1S/C8H9Cl2N3S/c1-13(11)8(14)12-6-4-2-3-5(9)7(6)10/h2-4H,11H2,1H3,(H,12,14). The Labute approximate surface area is 97.7 Å². The lowest BCUT2D eigenvalue weighted by atomic mass is 10.3. The van der Waals surface area contributed by atoms with Crippen LogP contribution in [0.5, 0.6) is 0 Å². The lowest BCUT2D eigenvalue weighted by Gasteiger charge is -2.15. The van der Waals surface area contributed by atoms with Crippen molar-refractivity contribution in [1.29, 1.82) is 0 Å². The molecule has 0 aromatic heterocycles. The number of nitrogens with two attached hydrogens (primary N) is 1. The van der Waals surface area contributed by atoms with E-state index in [-0.39, 0.29) is 0 Å². The molecule has 0 aliphatic rings. The topological polar surface area (TPSA) is 41.3 Å². The van der Waals surface area contributed by atoms with Crippen LogP contribution in [0.4, 0.5) is 5.69 Å². The lowest BCUT2D eigenvalue weighted by molar-refractivity contribution is 0.548. The highest BCUT2D eigenvalue weighted by molar-refractivity contribution is 7.80. The van der Waals surface area contributed by atoms with Crippen LogP contribution in [0, 0.1) is 0 Å². The van der Waals surface area contributed by atoms with E-state index in [4.69, 9.17) is 41.3 Å². The number of halogens is 2. The molecule has 6 heteroatoms. The predicted molar refractivity (Wildman–Crippen MR) is 64.6 cm³/mol. The van der Waals surface area contributed by atoms with Gasteiger partial charge in [0.15, 0.2) is 5.11 Å². The van der Waals surface area contributed by atoms with Crippen molar-refractivity contribution < 1.29 is 0 Å². The van der Waals surface area contributed by atoms with E-state index in [0.29, 0.717) is 20.8 Å². The summed E-state index contributed by atoms with van der Waals surface area (Å²) < 4.78 is 0. The molecule has 76 valence electrons. The van der Waals surface area contributed by atoms with Gasteiger partial charge in [-0.25, -0.2) is 5.84 Å². The van der Waals surface area contributed by atoms with Crippen molar-refractivity contribution >= 4 is 46.2 Å². The van der Waals surface area contributed by atoms with E-state index in [1.807, 2.05) is 0 Å². The minimum Gasteiger partial charge on any atom is -0.330 e. The van der Waals surface area contributed by atoms with Gasteiger partial charge < -0.3 is 5.32 Å². The fraction of sp³-hybridized carbons (Fsp3) is 0.125. The number of thiocarbonyl (C=S) groups is 1. The summed E-state index contributed by atoms with van der Waals surface area (Å²) in [6.07, 6.45) is 0. The normalized spacial score (nSPS) is 9.71. The Bertz CT molecular complexity index is 354. The van der Waals surface area contributed by atoms with Gasteiger partial charge in [0.25, 0.3) is 0 Å². The van der Waals surface area contributed by atoms with E-state index in [2.05, 4.69) is 5.32 Å². The third-order valence-electron chi connectivity index (χ3n) is 1.51. The second-order valence-corrected chi connectivity index (χ2v) is 3.81. The van der Waals surface area contributed by atoms with Crippen LogP contribution in [0.1, 0.15) is 0 Å². The summed E-state index contributed by atoms with van der Waals surface area (Å²) in [4.78, 5) is 0. The zero-order valence-corrected chi connectivity index (χ0v) is 9.75. The third kappa shape index (κ3) is 2.72. The first-order valence-corrected chi connectivity index (χ1v) is 4.92. The maximum absolute atomic E-state index is 5.93. The Morgan fingerprint density at radius 3 is 2.71 bits per heavy atom. The zero-order valence-electron chi connectivity index (χ0n) is 7.42. The summed E-state index contributed by atoms with van der Waals surface area (Å²) in [5.74, 6) is 5.43. The van der Waals surface area contributed by atoms with Gasteiger partial charge in [0, 0.05) is 7.05 Å². The Morgan fingerprint density at radius 2 is 2.14 bits per heavy atom. The van der Waals surface area contributed by atoms with E-state index in [1.165, 1.54) is 5.01 Å². The van der Waals surface area contributed by atoms with Crippen molar-refractivity contribution in [2.45, 2.75) is 0 Å². The molecule has 0 saturated heterocycles. The third-order valence-corrected chi connectivity index (χ3v) is 2.72. The molecule has 14 heavy (non-hydrogen) atoms. The summed E-state index contributed by atoms with van der Waals surface area (Å²) >= 11 is 16.7. The number of nitrogens with zero attached hydrogens (tertiary/aromatic N) is 1. The van der Waals surface area contributed by atoms with E-state index in [1.54, 1.807) is 25.2 Å². The van der Waals surface area contributed by atoms with Crippen LogP contribution in [-0.4, -0.2) is 17.2 Å². The van der Waals surface area contributed by atoms with Crippen molar-refractivity contribution in [1.82, 2.24) is 5.01 Å². The second-order valence-electron chi connectivity index (χ2n) is 2.64. The maximum Gasteiger partial charge on any atom is 0.187 e. The van der Waals surface area contributed by atoms with E-state index in [0.717, 1.165) is 0 Å². The monoisotopic (exact) mass is 249 g/mol. The smallest absolute Gasteiger partial charge is 0.187 e. The highest BCUT2D eigenvalue weighted by Crippen LogP contribution is 2.29. The van der Waals surface area contributed by atoms with Crippen molar-refractivity contribution in [2.24, 2.45) is 5.84 Å². The summed E-state index contributed by atoms with van der Waals surface area (Å²) in [5, 5.41) is 5.42. The fourth-order valence-corrected chi connectivity index (χ4v) is 1.26. The van der Waals surface area contributed by atoms with Gasteiger partial charge in [0.1, 0.15) is 0 Å². The summed E-state index contributed by atoms with van der Waals surface area (Å²) in [7, 11) is 1.63. The zero-order chi connectivity index (χ0) is 10.7. The molecule has 0 heterocycles. The minimum atomic E-state index is 0.370. The maximum atomic E-state index is 5.93. The Morgan fingerprint density at radius 1 is 1.50 bits per heavy atom. The SMILES string of the molecule is CN(N)C(=S)Nc1cccc(Cl)c1Cl. The Balaban J connectivity index is 2.87. The van der Waals surface area contributed by atoms with Crippen LogP contribution in [0.15, 0.2) is 18.2 Å². The molecule has 0 radical (unpaired) electrons. The number of rotatable bonds is 1. The average molecular weight is 250 g/mol. The molecular weight excluding hydrogens is 241 g/mol. The second kappa shape index (κ2) is 4.79. The van der Waals surface area contributed by atoms with Crippen molar-refractivity contribution in [3.63, 3.8) is 0 Å². The number of hydrogen-bond donors (Lipinski definition) is 2. The molecule has 0 atom stereocenters. The molecule has 1 rings (SSSR count). The van der Waals surface area contributed by atoms with E-state index in [9.17, 15) is 0 Å². The van der Waals surface area contributed by atoms with E-state index < -0.39 is 0 Å². The van der Waals surface area contributed by atoms with Gasteiger partial charge in [-0.05, 0) is 24.4 Å². The van der Waals surface area contributed by atoms with Gasteiger partial charge in [-0.2, -0.15) is 0 Å². The first-order valence-electron chi connectivity index (χ1n) is 3.76. The van der Waals surface area contributed by atoms with Crippen LogP contribution in [0.2, 0.25) is 10.0 Å². The van der Waals surface area contributed by atoms with Crippen LogP contribution in [0.25, 0.3) is 0 Å². The molecule has 0 aliphatic heterocycles. The van der Waals surface area contributed by atoms with Gasteiger partial charge in [0.2, 0.25) is 0 Å². The molecule has 3 N–H and O–H groups in total. The Hall–Kier alpha value is -0.550. The molecule has 0 amide bonds. The molecule has 0 aliphatic carbocycles. The highest BCUT2D eigenvalue weighted by atomic mass is 35.5. The fourth-order valence-electron chi connectivity index (χ4n) is 0.804. The molecular formula is C8H9Cl2N3S. The quantitative estimate of drug-likeness (QED) is 0.456. The molecule has 0 saturated carbocycles. The summed E-state index contributed by atoms with van der Waals surface area (Å²) in [5.41, 5.74) is 0.640. The van der Waals surface area contributed by atoms with Crippen molar-refractivity contribution in [3.05, 3.63) is 28.2 Å². The lowest BCUT2D eigenvalue weighted by Crippen LogP contribution is -2.36. The number of nitrogens with one attached hydrogen (secondary N) is 1. The van der Waals surface area contributed by atoms with Gasteiger partial charge in [0.05, 0.1) is 15.7 Å². The first kappa shape index (κ1) is 11.5. The summed E-state index contributed by atoms with van der Waals surface area (Å²) in [6.45, 7) is 0. The van der Waals surface area contributed by atoms with Crippen molar-refractivity contribution in [3.8, 4) is 0 Å². The number of hydrogen-bond acceptors (Lipinski definition) is 2. The molecule has 1 aromatic rings. The average Bonchev–Trinajstić information content (AvgIpc) is 2.12. The van der Waals surface area contributed by atoms with Crippen LogP contribution >= 0.6 is 35.4 Å². The molecule has 0 spiro atoms.